The highest BCUT2D eigenvalue weighted by Crippen LogP contribution is 2.77. The molecular formula is C12H26NO7P2+. The van der Waals surface area contributed by atoms with Crippen LogP contribution >= 0.6 is 15.2 Å². The lowest BCUT2D eigenvalue weighted by molar-refractivity contribution is -0.937. The van der Waals surface area contributed by atoms with Gasteiger partial charge in [0, 0.05) is 11.8 Å². The molecule has 2 rings (SSSR count). The maximum Gasteiger partial charge on any atom is 0.343 e. The van der Waals surface area contributed by atoms with Crippen LogP contribution < -0.4 is 0 Å². The molecule has 130 valence electrons. The number of aliphatic hydroxyl groups is 1. The predicted molar refractivity (Wildman–Crippen MR) is 80.1 cm³/mol. The van der Waals surface area contributed by atoms with Gasteiger partial charge in [-0.15, -0.1) is 0 Å². The summed E-state index contributed by atoms with van der Waals surface area (Å²) < 4.78 is 24.3. The molecule has 2 aliphatic rings. The number of hydrogen-bond acceptors (Lipinski definition) is 3. The summed E-state index contributed by atoms with van der Waals surface area (Å²) in [7, 11) is -10.0. The smallest absolute Gasteiger partial charge is 0.343 e. The van der Waals surface area contributed by atoms with Gasteiger partial charge in [0.05, 0.1) is 19.6 Å². The molecule has 22 heavy (non-hydrogen) atoms. The van der Waals surface area contributed by atoms with E-state index in [1.165, 1.54) is 0 Å². The van der Waals surface area contributed by atoms with E-state index in [9.17, 15) is 33.8 Å². The molecule has 0 bridgehead atoms. The van der Waals surface area contributed by atoms with Crippen LogP contribution in [-0.4, -0.2) is 66.3 Å². The molecule has 1 saturated carbocycles. The van der Waals surface area contributed by atoms with Crippen molar-refractivity contribution in [3.8, 4) is 0 Å². The number of likely N-dealkylation sites (tertiary alicyclic amines) is 1. The molecule has 0 aromatic heterocycles. The van der Waals surface area contributed by atoms with E-state index in [2.05, 4.69) is 0 Å². The monoisotopic (exact) mass is 358 g/mol. The molecule has 3 atom stereocenters. The molecule has 8 nitrogen and oxygen atoms in total. The van der Waals surface area contributed by atoms with Crippen molar-refractivity contribution in [3.05, 3.63) is 0 Å². The van der Waals surface area contributed by atoms with E-state index in [4.69, 9.17) is 0 Å². The van der Waals surface area contributed by atoms with Gasteiger partial charge in [-0.25, -0.2) is 0 Å². The van der Waals surface area contributed by atoms with Crippen LogP contribution in [0.25, 0.3) is 0 Å². The molecule has 0 aromatic carbocycles. The van der Waals surface area contributed by atoms with Crippen molar-refractivity contribution in [2.75, 3.05) is 26.2 Å². The fourth-order valence-electron chi connectivity index (χ4n) is 4.34. The number of fused-ring (bicyclic) bond motifs is 1. The number of piperidine rings is 1. The van der Waals surface area contributed by atoms with Crippen molar-refractivity contribution in [1.82, 2.24) is 0 Å². The molecule has 2 fully saturated rings. The molecule has 3 unspecified atom stereocenters. The molecule has 0 radical (unpaired) electrons. The summed E-state index contributed by atoms with van der Waals surface area (Å²) in [5, 5.41) is 10.4. The molecule has 1 aliphatic heterocycles. The number of likely N-dealkylation sites (N-methyl/N-ethyl adjacent to an activating group) is 1. The van der Waals surface area contributed by atoms with E-state index in [0.717, 1.165) is 13.1 Å². The van der Waals surface area contributed by atoms with Crippen LogP contribution in [0.1, 0.15) is 26.7 Å². The van der Waals surface area contributed by atoms with Crippen LogP contribution in [0.4, 0.5) is 0 Å². The third-order valence-corrected chi connectivity index (χ3v) is 10.3. The Hall–Kier alpha value is 0.220. The quantitative estimate of drug-likeness (QED) is 0.360. The van der Waals surface area contributed by atoms with Crippen LogP contribution in [-0.2, 0) is 9.13 Å². The lowest BCUT2D eigenvalue weighted by Crippen LogP contribution is -2.60. The Morgan fingerprint density at radius 2 is 1.50 bits per heavy atom. The van der Waals surface area contributed by atoms with Crippen LogP contribution in [0.5, 0.6) is 0 Å². The SMILES string of the molecule is CC[N+]1(CC)CC(O)C2CC(P(=O)(O)O)(P(=O)(O)O)CC2C1. The van der Waals surface area contributed by atoms with Gasteiger partial charge in [-0.3, -0.25) is 9.13 Å². The molecule has 0 amide bonds. The summed E-state index contributed by atoms with van der Waals surface area (Å²) in [4.78, 5) is 36.1. The zero-order valence-electron chi connectivity index (χ0n) is 12.9. The van der Waals surface area contributed by atoms with E-state index < -0.39 is 32.1 Å². The van der Waals surface area contributed by atoms with E-state index in [1.54, 1.807) is 0 Å². The predicted octanol–water partition coefficient (Wildman–Crippen LogP) is 0.295. The normalized spacial score (nSPS) is 34.4. The van der Waals surface area contributed by atoms with Gasteiger partial charge in [-0.05, 0) is 26.7 Å². The summed E-state index contributed by atoms with van der Waals surface area (Å²) in [6.45, 7) is 6.59. The van der Waals surface area contributed by atoms with Gasteiger partial charge in [0.1, 0.15) is 12.6 Å². The summed E-state index contributed by atoms with van der Waals surface area (Å²) in [6.07, 6.45) is -1.34. The van der Waals surface area contributed by atoms with Crippen molar-refractivity contribution in [1.29, 1.82) is 0 Å². The van der Waals surface area contributed by atoms with Gasteiger partial charge in [-0.2, -0.15) is 0 Å². The standard InChI is InChI=1S/C12H25NO7P2/c1-3-13(4-2)7-9-5-12(21(15,16)17,22(18,19)20)6-10(9)11(14)8-13/h9-11,14H,3-8H2,1-2H3,(H3-,15,16,17,18,19,20)/p+1. The van der Waals surface area contributed by atoms with Crippen molar-refractivity contribution in [3.63, 3.8) is 0 Å². The minimum Gasteiger partial charge on any atom is -0.387 e. The van der Waals surface area contributed by atoms with Crippen molar-refractivity contribution >= 4 is 15.2 Å². The van der Waals surface area contributed by atoms with Gasteiger partial charge in [0.2, 0.25) is 0 Å². The van der Waals surface area contributed by atoms with Crippen molar-refractivity contribution < 1.29 is 38.3 Å². The molecule has 1 heterocycles. The number of quaternary nitrogens is 1. The highest BCUT2D eigenvalue weighted by atomic mass is 31.2. The third-order valence-electron chi connectivity index (χ3n) is 5.87. The van der Waals surface area contributed by atoms with Crippen LogP contribution in [0.3, 0.4) is 0 Å². The van der Waals surface area contributed by atoms with Crippen LogP contribution in [0.2, 0.25) is 0 Å². The lowest BCUT2D eigenvalue weighted by Gasteiger charge is -2.46. The van der Waals surface area contributed by atoms with E-state index in [0.29, 0.717) is 17.6 Å². The molecular weight excluding hydrogens is 332 g/mol. The van der Waals surface area contributed by atoms with E-state index >= 15 is 0 Å². The second-order valence-corrected chi connectivity index (χ2v) is 11.1. The van der Waals surface area contributed by atoms with Crippen LogP contribution in [0.15, 0.2) is 0 Å². The fraction of sp³-hybridized carbons (Fsp3) is 1.00. The second kappa shape index (κ2) is 5.64. The number of nitrogens with zero attached hydrogens (tertiary/aromatic N) is 1. The first-order valence-corrected chi connectivity index (χ1v) is 10.8. The molecule has 5 N–H and O–H groups in total. The first-order valence-electron chi connectivity index (χ1n) is 7.56. The number of rotatable bonds is 4. The largest absolute Gasteiger partial charge is 0.387 e. The van der Waals surface area contributed by atoms with Gasteiger partial charge in [-0.1, -0.05) is 0 Å². The maximum atomic E-state index is 11.9. The Kier molecular flexibility index (Phi) is 4.76. The first kappa shape index (κ1) is 18.6. The summed E-state index contributed by atoms with van der Waals surface area (Å²) >= 11 is 0. The summed E-state index contributed by atoms with van der Waals surface area (Å²) in [5.41, 5.74) is 0. The molecule has 1 saturated heterocycles. The highest BCUT2D eigenvalue weighted by molar-refractivity contribution is 7.72. The average Bonchev–Trinajstić information content (AvgIpc) is 2.78. The Morgan fingerprint density at radius 1 is 1.00 bits per heavy atom. The lowest BCUT2D eigenvalue weighted by atomic mass is 9.84. The average molecular weight is 358 g/mol. The topological polar surface area (TPSA) is 135 Å². The van der Waals surface area contributed by atoms with Crippen molar-refractivity contribution in [2.45, 2.75) is 37.7 Å². The highest BCUT2D eigenvalue weighted by Gasteiger charge is 2.68. The minimum atomic E-state index is -5.01. The molecule has 1 aliphatic carbocycles. The number of aliphatic hydroxyl groups excluding tert-OH is 1. The minimum absolute atomic E-state index is 0.233. The Labute approximate surface area is 130 Å². The zero-order valence-corrected chi connectivity index (χ0v) is 14.7. The molecule has 0 aromatic rings. The third kappa shape index (κ3) is 2.74. The summed E-state index contributed by atoms with van der Waals surface area (Å²) in [6, 6.07) is 0. The maximum absolute atomic E-state index is 11.9. The molecule has 10 heteroatoms. The first-order chi connectivity index (χ1) is 9.91. The number of hydrogen-bond donors (Lipinski definition) is 5. The summed E-state index contributed by atoms with van der Waals surface area (Å²) in [5.74, 6) is -0.756. The Balaban J connectivity index is 2.41. The van der Waals surface area contributed by atoms with Crippen molar-refractivity contribution in [2.24, 2.45) is 11.8 Å². The van der Waals surface area contributed by atoms with Gasteiger partial charge < -0.3 is 29.2 Å². The van der Waals surface area contributed by atoms with Crippen LogP contribution in [0, 0.1) is 11.8 Å². The van der Waals surface area contributed by atoms with Gasteiger partial charge in [0.25, 0.3) is 0 Å². The Bertz CT molecular complexity index is 502. The second-order valence-electron chi connectivity index (χ2n) is 6.81. The Morgan fingerprint density at radius 3 is 1.91 bits per heavy atom. The van der Waals surface area contributed by atoms with Gasteiger partial charge >= 0.3 is 15.2 Å². The zero-order chi connectivity index (χ0) is 17.0. The van der Waals surface area contributed by atoms with E-state index in [-0.39, 0.29) is 18.8 Å². The van der Waals surface area contributed by atoms with E-state index in [1.807, 2.05) is 13.8 Å². The molecule has 0 spiro atoms. The fourth-order valence-corrected chi connectivity index (χ4v) is 7.54. The van der Waals surface area contributed by atoms with Gasteiger partial charge in [0.15, 0.2) is 4.90 Å².